The number of aryl methyl sites for hydroxylation is 1. The summed E-state index contributed by atoms with van der Waals surface area (Å²) in [5.41, 5.74) is 1.87. The molecule has 2 heterocycles. The molecular formula is C16H17BrN4O2. The molecule has 0 aliphatic carbocycles. The van der Waals surface area contributed by atoms with E-state index < -0.39 is 0 Å². The quantitative estimate of drug-likeness (QED) is 0.891. The third kappa shape index (κ3) is 3.86. The molecule has 0 unspecified atom stereocenters. The highest BCUT2D eigenvalue weighted by Gasteiger charge is 2.17. The fourth-order valence-electron chi connectivity index (χ4n) is 2.33. The van der Waals surface area contributed by atoms with Gasteiger partial charge in [0.2, 0.25) is 5.95 Å². The van der Waals surface area contributed by atoms with Crippen LogP contribution in [0.4, 0.5) is 11.6 Å². The van der Waals surface area contributed by atoms with Crippen molar-refractivity contribution < 1.29 is 9.53 Å². The SMILES string of the molecule is Cc1nc(N2CCOCC2)ncc1C(=O)Nc1ccc(Br)cc1. The number of hydrogen-bond acceptors (Lipinski definition) is 5. The van der Waals surface area contributed by atoms with Crippen LogP contribution in [0, 0.1) is 6.92 Å². The molecule has 1 aliphatic heterocycles. The smallest absolute Gasteiger partial charge is 0.259 e. The lowest BCUT2D eigenvalue weighted by Gasteiger charge is -2.27. The Balaban J connectivity index is 1.74. The molecule has 1 fully saturated rings. The molecule has 3 rings (SSSR count). The van der Waals surface area contributed by atoms with Gasteiger partial charge in [-0.15, -0.1) is 0 Å². The number of halogens is 1. The van der Waals surface area contributed by atoms with Crippen LogP contribution in [-0.2, 0) is 4.74 Å². The average molecular weight is 377 g/mol. The molecule has 0 spiro atoms. The van der Waals surface area contributed by atoms with Crippen LogP contribution in [0.15, 0.2) is 34.9 Å². The molecule has 6 nitrogen and oxygen atoms in total. The van der Waals surface area contributed by atoms with Gasteiger partial charge in [0.15, 0.2) is 0 Å². The summed E-state index contributed by atoms with van der Waals surface area (Å²) in [7, 11) is 0. The predicted molar refractivity (Wildman–Crippen MR) is 91.9 cm³/mol. The van der Waals surface area contributed by atoms with Crippen molar-refractivity contribution in [1.82, 2.24) is 9.97 Å². The second-order valence-electron chi connectivity index (χ2n) is 5.23. The third-order valence-corrected chi connectivity index (χ3v) is 4.14. The molecule has 0 radical (unpaired) electrons. The van der Waals surface area contributed by atoms with E-state index >= 15 is 0 Å². The van der Waals surface area contributed by atoms with Gasteiger partial charge in [0.25, 0.3) is 5.91 Å². The van der Waals surface area contributed by atoms with Gasteiger partial charge < -0.3 is 15.0 Å². The summed E-state index contributed by atoms with van der Waals surface area (Å²) in [5.74, 6) is 0.435. The predicted octanol–water partition coefficient (Wildman–Crippen LogP) is 2.64. The zero-order valence-electron chi connectivity index (χ0n) is 12.8. The Hall–Kier alpha value is -1.99. The molecule has 1 aromatic heterocycles. The monoisotopic (exact) mass is 376 g/mol. The number of anilines is 2. The van der Waals surface area contributed by atoms with Gasteiger partial charge in [-0.05, 0) is 31.2 Å². The van der Waals surface area contributed by atoms with Crippen molar-refractivity contribution in [1.29, 1.82) is 0 Å². The van der Waals surface area contributed by atoms with E-state index in [1.165, 1.54) is 0 Å². The molecule has 7 heteroatoms. The molecule has 0 saturated carbocycles. The number of morpholine rings is 1. The topological polar surface area (TPSA) is 67.3 Å². The molecule has 1 aromatic carbocycles. The number of benzene rings is 1. The number of hydrogen-bond donors (Lipinski definition) is 1. The van der Waals surface area contributed by atoms with Crippen molar-refractivity contribution >= 4 is 33.5 Å². The second kappa shape index (κ2) is 7.06. The Morgan fingerprint density at radius 3 is 2.61 bits per heavy atom. The molecule has 1 amide bonds. The maximum atomic E-state index is 12.4. The summed E-state index contributed by atoms with van der Waals surface area (Å²) in [4.78, 5) is 23.2. The van der Waals surface area contributed by atoms with E-state index in [0.717, 1.165) is 23.2 Å². The normalized spacial score (nSPS) is 14.6. The number of carbonyl (C=O) groups excluding carboxylic acids is 1. The molecule has 23 heavy (non-hydrogen) atoms. The first-order valence-corrected chi connectivity index (χ1v) is 8.16. The maximum Gasteiger partial charge on any atom is 0.259 e. The van der Waals surface area contributed by atoms with Gasteiger partial charge in [0.1, 0.15) is 0 Å². The summed E-state index contributed by atoms with van der Waals surface area (Å²) < 4.78 is 6.29. The standard InChI is InChI=1S/C16H17BrN4O2/c1-11-14(15(22)20-13-4-2-12(17)3-5-13)10-18-16(19-11)21-6-8-23-9-7-21/h2-5,10H,6-9H2,1H3,(H,20,22). The minimum absolute atomic E-state index is 0.210. The van der Waals surface area contributed by atoms with E-state index in [-0.39, 0.29) is 5.91 Å². The molecule has 1 aliphatic rings. The Bertz CT molecular complexity index is 700. The summed E-state index contributed by atoms with van der Waals surface area (Å²) in [5, 5.41) is 2.85. The molecule has 0 bridgehead atoms. The third-order valence-electron chi connectivity index (χ3n) is 3.61. The molecule has 0 atom stereocenters. The molecule has 1 N–H and O–H groups in total. The fraction of sp³-hybridized carbons (Fsp3) is 0.312. The van der Waals surface area contributed by atoms with E-state index in [1.54, 1.807) is 6.20 Å². The number of amides is 1. The van der Waals surface area contributed by atoms with Crippen molar-refractivity contribution in [2.24, 2.45) is 0 Å². The first kappa shape index (κ1) is 15.9. The summed E-state index contributed by atoms with van der Waals surface area (Å²) in [6, 6.07) is 7.42. The minimum atomic E-state index is -0.210. The largest absolute Gasteiger partial charge is 0.378 e. The lowest BCUT2D eigenvalue weighted by atomic mass is 10.2. The van der Waals surface area contributed by atoms with Crippen molar-refractivity contribution in [3.05, 3.63) is 46.2 Å². The first-order valence-electron chi connectivity index (χ1n) is 7.37. The highest BCUT2D eigenvalue weighted by molar-refractivity contribution is 9.10. The Kier molecular flexibility index (Phi) is 4.88. The average Bonchev–Trinajstić information content (AvgIpc) is 2.57. The Labute approximate surface area is 143 Å². The van der Waals surface area contributed by atoms with Gasteiger partial charge in [0, 0.05) is 29.4 Å². The minimum Gasteiger partial charge on any atom is -0.378 e. The van der Waals surface area contributed by atoms with E-state index in [0.29, 0.717) is 30.4 Å². The van der Waals surface area contributed by atoms with E-state index in [2.05, 4.69) is 36.1 Å². The van der Waals surface area contributed by atoms with Crippen LogP contribution in [0.2, 0.25) is 0 Å². The lowest BCUT2D eigenvalue weighted by Crippen LogP contribution is -2.37. The second-order valence-corrected chi connectivity index (χ2v) is 6.15. The number of aromatic nitrogens is 2. The van der Waals surface area contributed by atoms with Crippen molar-refractivity contribution in [3.8, 4) is 0 Å². The van der Waals surface area contributed by atoms with Crippen LogP contribution in [0.25, 0.3) is 0 Å². The van der Waals surface area contributed by atoms with Crippen LogP contribution >= 0.6 is 15.9 Å². The fourth-order valence-corrected chi connectivity index (χ4v) is 2.59. The summed E-state index contributed by atoms with van der Waals surface area (Å²) in [6.07, 6.45) is 1.58. The highest BCUT2D eigenvalue weighted by atomic mass is 79.9. The van der Waals surface area contributed by atoms with E-state index in [4.69, 9.17) is 4.74 Å². The Morgan fingerprint density at radius 2 is 1.96 bits per heavy atom. The van der Waals surface area contributed by atoms with E-state index in [1.807, 2.05) is 31.2 Å². The van der Waals surface area contributed by atoms with Crippen molar-refractivity contribution in [2.45, 2.75) is 6.92 Å². The number of nitrogens with zero attached hydrogens (tertiary/aromatic N) is 3. The number of nitrogens with one attached hydrogen (secondary N) is 1. The molecular weight excluding hydrogens is 360 g/mol. The van der Waals surface area contributed by atoms with E-state index in [9.17, 15) is 4.79 Å². The summed E-state index contributed by atoms with van der Waals surface area (Å²) in [6.45, 7) is 4.71. The van der Waals surface area contributed by atoms with Gasteiger partial charge in [-0.3, -0.25) is 4.79 Å². The maximum absolute atomic E-state index is 12.4. The highest BCUT2D eigenvalue weighted by Crippen LogP contribution is 2.17. The van der Waals surface area contributed by atoms with Crippen LogP contribution in [0.5, 0.6) is 0 Å². The zero-order valence-corrected chi connectivity index (χ0v) is 14.3. The summed E-state index contributed by atoms with van der Waals surface area (Å²) >= 11 is 3.37. The number of carbonyl (C=O) groups is 1. The van der Waals surface area contributed by atoms with Crippen LogP contribution in [0.3, 0.4) is 0 Å². The van der Waals surface area contributed by atoms with Crippen LogP contribution in [-0.4, -0.2) is 42.2 Å². The van der Waals surface area contributed by atoms with Gasteiger partial charge in [0.05, 0.1) is 24.5 Å². The Morgan fingerprint density at radius 1 is 1.26 bits per heavy atom. The van der Waals surface area contributed by atoms with Gasteiger partial charge >= 0.3 is 0 Å². The molecule has 120 valence electrons. The van der Waals surface area contributed by atoms with Crippen LogP contribution < -0.4 is 10.2 Å². The van der Waals surface area contributed by atoms with Gasteiger partial charge in [-0.1, -0.05) is 15.9 Å². The number of rotatable bonds is 3. The molecule has 2 aromatic rings. The van der Waals surface area contributed by atoms with Crippen LogP contribution in [0.1, 0.15) is 16.1 Å². The van der Waals surface area contributed by atoms with Gasteiger partial charge in [-0.25, -0.2) is 9.97 Å². The lowest BCUT2D eigenvalue weighted by molar-refractivity contribution is 0.102. The first-order chi connectivity index (χ1) is 11.1. The zero-order chi connectivity index (χ0) is 16.2. The van der Waals surface area contributed by atoms with Crippen molar-refractivity contribution in [3.63, 3.8) is 0 Å². The number of ether oxygens (including phenoxy) is 1. The molecule has 1 saturated heterocycles. The van der Waals surface area contributed by atoms with Crippen molar-refractivity contribution in [2.75, 3.05) is 36.5 Å². The van der Waals surface area contributed by atoms with Gasteiger partial charge in [-0.2, -0.15) is 0 Å².